The van der Waals surface area contributed by atoms with E-state index in [1.807, 2.05) is 0 Å². The Kier molecular flexibility index (Phi) is 4.34. The van der Waals surface area contributed by atoms with E-state index in [2.05, 4.69) is 0 Å². The van der Waals surface area contributed by atoms with Gasteiger partial charge in [0.05, 0.1) is 40.3 Å². The second-order valence-corrected chi connectivity index (χ2v) is 8.36. The van der Waals surface area contributed by atoms with E-state index >= 15 is 0 Å². The molecule has 10 heteroatoms. The van der Waals surface area contributed by atoms with Gasteiger partial charge in [-0.2, -0.15) is 0 Å². The molecule has 0 N–H and O–H groups in total. The van der Waals surface area contributed by atoms with Crippen LogP contribution < -0.4 is 0 Å². The molecule has 0 aromatic rings. The molecule has 5 fully saturated rings. The van der Waals surface area contributed by atoms with Crippen LogP contribution in [-0.4, -0.2) is 63.9 Å². The fourth-order valence-corrected chi connectivity index (χ4v) is 7.26. The quantitative estimate of drug-likeness (QED) is 0.325. The van der Waals surface area contributed by atoms with E-state index in [1.165, 1.54) is 0 Å². The Morgan fingerprint density at radius 3 is 1.27 bits per heavy atom. The maximum atomic E-state index is 13.3. The number of hydrogen-bond donors (Lipinski definition) is 0. The standard InChI is InChI=1S/C20H22O10/c1-27-15(23)13-11-7-5-10(22)20(11,18(26)30-4)14(16(24)28-2)12-8(7)6-9(21)19(12,13)17(25)29-3/h7-8,11-14H,5-6H2,1-4H3/t7-,8+,11-,12-,13-,14+,19+,20-/m1/s1. The summed E-state index contributed by atoms with van der Waals surface area (Å²) in [6.07, 6.45) is -0.209. The Bertz CT molecular complexity index is 820. The van der Waals surface area contributed by atoms with Crippen LogP contribution in [0.4, 0.5) is 0 Å². The average molecular weight is 422 g/mol. The highest BCUT2D eigenvalue weighted by molar-refractivity contribution is 6.16. The number of rotatable bonds is 4. The van der Waals surface area contributed by atoms with Crippen LogP contribution in [0.25, 0.3) is 0 Å². The molecule has 0 aromatic heterocycles. The van der Waals surface area contributed by atoms with Gasteiger partial charge < -0.3 is 18.9 Å². The summed E-state index contributed by atoms with van der Waals surface area (Å²) in [5.41, 5.74) is -4.04. The van der Waals surface area contributed by atoms with Crippen LogP contribution in [0.15, 0.2) is 0 Å². The van der Waals surface area contributed by atoms with Crippen LogP contribution >= 0.6 is 0 Å². The summed E-state index contributed by atoms with van der Waals surface area (Å²) in [7, 11) is 4.35. The number of ether oxygens (including phenoxy) is 4. The van der Waals surface area contributed by atoms with Gasteiger partial charge in [-0.25, -0.2) is 0 Å². The average Bonchev–Trinajstić information content (AvgIpc) is 3.16. The number of esters is 4. The van der Waals surface area contributed by atoms with E-state index in [1.54, 1.807) is 0 Å². The van der Waals surface area contributed by atoms with Gasteiger partial charge in [0, 0.05) is 24.7 Å². The zero-order chi connectivity index (χ0) is 22.2. The summed E-state index contributed by atoms with van der Waals surface area (Å²) in [6.45, 7) is 0. The third-order valence-electron chi connectivity index (χ3n) is 7.94. The molecule has 5 rings (SSSR count). The zero-order valence-electron chi connectivity index (χ0n) is 17.0. The number of carbonyl (C=O) groups excluding carboxylic acids is 6. The summed E-state index contributed by atoms with van der Waals surface area (Å²) in [5.74, 6) is -11.1. The Morgan fingerprint density at radius 1 is 0.667 bits per heavy atom. The third-order valence-corrected chi connectivity index (χ3v) is 7.94. The van der Waals surface area contributed by atoms with E-state index in [0.717, 1.165) is 28.4 Å². The molecule has 30 heavy (non-hydrogen) atoms. The predicted molar refractivity (Wildman–Crippen MR) is 93.1 cm³/mol. The van der Waals surface area contributed by atoms with Crippen LogP contribution in [0.1, 0.15) is 12.8 Å². The van der Waals surface area contributed by atoms with Gasteiger partial charge >= 0.3 is 23.9 Å². The molecule has 0 amide bonds. The first-order valence-corrected chi connectivity index (χ1v) is 9.60. The highest BCUT2D eigenvalue weighted by Crippen LogP contribution is 2.77. The molecule has 162 valence electrons. The first-order chi connectivity index (χ1) is 14.2. The highest BCUT2D eigenvalue weighted by Gasteiger charge is 2.89. The minimum Gasteiger partial charge on any atom is -0.469 e. The minimum absolute atomic E-state index is 0.105. The van der Waals surface area contributed by atoms with Gasteiger partial charge in [0.1, 0.15) is 10.8 Å². The van der Waals surface area contributed by atoms with Crippen molar-refractivity contribution >= 4 is 35.4 Å². The Balaban J connectivity index is 2.10. The van der Waals surface area contributed by atoms with Crippen molar-refractivity contribution in [2.75, 3.05) is 28.4 Å². The van der Waals surface area contributed by atoms with Gasteiger partial charge in [0.15, 0.2) is 11.6 Å². The lowest BCUT2D eigenvalue weighted by atomic mass is 9.38. The van der Waals surface area contributed by atoms with Crippen molar-refractivity contribution in [1.82, 2.24) is 0 Å². The SMILES string of the molecule is COC(=O)[C@@H]1[C@H]2[C@H]3CC(=O)[C@@]2(C(=O)OC)[C@@H](C(=O)OC)[C@H]2[C@@H]3CC(=O)[C@@]21C(=O)OC. The molecule has 0 saturated heterocycles. The fraction of sp³-hybridized carbons (Fsp3) is 0.700. The molecular weight excluding hydrogens is 400 g/mol. The Labute approximate surface area is 171 Å². The molecule has 0 aromatic carbocycles. The number of carbonyl (C=O) groups is 6. The van der Waals surface area contributed by atoms with E-state index in [4.69, 9.17) is 18.9 Å². The second kappa shape index (κ2) is 6.36. The van der Waals surface area contributed by atoms with Gasteiger partial charge in [0.2, 0.25) is 0 Å². The summed E-state index contributed by atoms with van der Waals surface area (Å²) < 4.78 is 19.7. The van der Waals surface area contributed by atoms with Gasteiger partial charge in [0.25, 0.3) is 0 Å². The normalized spacial score (nSPS) is 42.7. The van der Waals surface area contributed by atoms with Crippen molar-refractivity contribution in [2.45, 2.75) is 12.8 Å². The van der Waals surface area contributed by atoms with E-state index in [9.17, 15) is 28.8 Å². The van der Waals surface area contributed by atoms with Gasteiger partial charge in [-0.05, 0) is 11.8 Å². The van der Waals surface area contributed by atoms with Crippen molar-refractivity contribution < 1.29 is 47.7 Å². The van der Waals surface area contributed by atoms with Crippen molar-refractivity contribution in [3.05, 3.63) is 0 Å². The number of hydrogen-bond acceptors (Lipinski definition) is 10. The molecule has 8 atom stereocenters. The lowest BCUT2D eigenvalue weighted by Crippen LogP contribution is -2.72. The number of ketones is 2. The minimum atomic E-state index is -2.02. The maximum Gasteiger partial charge on any atom is 0.320 e. The lowest BCUT2D eigenvalue weighted by molar-refractivity contribution is -0.227. The molecule has 0 spiro atoms. The molecule has 5 aliphatic carbocycles. The highest BCUT2D eigenvalue weighted by atomic mass is 16.5. The smallest absolute Gasteiger partial charge is 0.320 e. The zero-order valence-corrected chi connectivity index (χ0v) is 17.0. The molecule has 5 aliphatic rings. The second-order valence-electron chi connectivity index (χ2n) is 8.36. The van der Waals surface area contributed by atoms with Crippen molar-refractivity contribution in [2.24, 2.45) is 46.3 Å². The molecule has 5 saturated carbocycles. The van der Waals surface area contributed by atoms with Crippen LogP contribution in [-0.2, 0) is 47.7 Å². The summed E-state index contributed by atoms with van der Waals surface area (Å²) >= 11 is 0. The van der Waals surface area contributed by atoms with Crippen molar-refractivity contribution in [3.8, 4) is 0 Å². The molecule has 0 unspecified atom stereocenters. The molecule has 6 bridgehead atoms. The maximum absolute atomic E-state index is 13.3. The van der Waals surface area contributed by atoms with Crippen LogP contribution in [0.5, 0.6) is 0 Å². The molecule has 10 nitrogen and oxygen atoms in total. The Hall–Kier alpha value is -2.78. The molecule has 0 radical (unpaired) electrons. The van der Waals surface area contributed by atoms with Crippen LogP contribution in [0.2, 0.25) is 0 Å². The third kappa shape index (κ3) is 1.86. The van der Waals surface area contributed by atoms with E-state index in [-0.39, 0.29) is 12.8 Å². The van der Waals surface area contributed by atoms with Crippen molar-refractivity contribution in [3.63, 3.8) is 0 Å². The van der Waals surface area contributed by atoms with E-state index < -0.39 is 81.8 Å². The molecular formula is C20H22O10. The van der Waals surface area contributed by atoms with Gasteiger partial charge in [-0.15, -0.1) is 0 Å². The van der Waals surface area contributed by atoms with E-state index in [0.29, 0.717) is 0 Å². The first kappa shape index (κ1) is 20.5. The fourth-order valence-electron chi connectivity index (χ4n) is 7.26. The molecule has 0 aliphatic heterocycles. The molecule has 0 heterocycles. The van der Waals surface area contributed by atoms with Crippen molar-refractivity contribution in [1.29, 1.82) is 0 Å². The summed E-state index contributed by atoms with van der Waals surface area (Å²) in [4.78, 5) is 78.7. The summed E-state index contributed by atoms with van der Waals surface area (Å²) in [6, 6.07) is 0. The van der Waals surface area contributed by atoms with Gasteiger partial charge in [-0.1, -0.05) is 0 Å². The van der Waals surface area contributed by atoms with Crippen LogP contribution in [0, 0.1) is 46.3 Å². The Morgan fingerprint density at radius 2 is 1.00 bits per heavy atom. The van der Waals surface area contributed by atoms with Gasteiger partial charge in [-0.3, -0.25) is 28.8 Å². The topological polar surface area (TPSA) is 139 Å². The predicted octanol–water partition coefficient (Wildman–Crippen LogP) is -0.679. The lowest BCUT2D eigenvalue weighted by Gasteiger charge is -2.60. The first-order valence-electron chi connectivity index (χ1n) is 9.60. The summed E-state index contributed by atoms with van der Waals surface area (Å²) in [5, 5.41) is 0. The monoisotopic (exact) mass is 422 g/mol. The number of Topliss-reactive ketones (excluding diaryl/α,β-unsaturated/α-hetero) is 2. The van der Waals surface area contributed by atoms with Crippen LogP contribution in [0.3, 0.4) is 0 Å². The number of methoxy groups -OCH3 is 4. The largest absolute Gasteiger partial charge is 0.469 e.